The molecule has 0 atom stereocenters. The first-order chi connectivity index (χ1) is 13.2. The van der Waals surface area contributed by atoms with Crippen molar-refractivity contribution in [3.8, 4) is 11.3 Å². The van der Waals surface area contributed by atoms with Crippen LogP contribution in [-0.4, -0.2) is 29.1 Å². The number of aromatic nitrogens is 1. The van der Waals surface area contributed by atoms with Crippen LogP contribution in [0.4, 0.5) is 5.00 Å². The Balaban J connectivity index is 1.84. The van der Waals surface area contributed by atoms with E-state index in [0.29, 0.717) is 28.6 Å². The highest BCUT2D eigenvalue weighted by Crippen LogP contribution is 2.37. The Morgan fingerprint density at radius 2 is 1.70 bits per heavy atom. The maximum atomic E-state index is 12.6. The molecule has 0 radical (unpaired) electrons. The van der Waals surface area contributed by atoms with Crippen molar-refractivity contribution in [1.82, 2.24) is 10.3 Å². The van der Waals surface area contributed by atoms with Crippen LogP contribution in [-0.2, 0) is 4.79 Å². The first-order valence-electron chi connectivity index (χ1n) is 8.49. The number of carbonyl (C=O) groups is 2. The number of rotatable bonds is 7. The van der Waals surface area contributed by atoms with Gasteiger partial charge in [-0.3, -0.25) is 9.59 Å². The molecule has 5 nitrogen and oxygen atoms in total. The Kier molecular flexibility index (Phi) is 6.62. The van der Waals surface area contributed by atoms with E-state index in [0.717, 1.165) is 9.90 Å². The summed E-state index contributed by atoms with van der Waals surface area (Å²) in [5.41, 5.74) is 2.21. The normalized spacial score (nSPS) is 10.4. The zero-order valence-corrected chi connectivity index (χ0v) is 16.4. The maximum Gasteiger partial charge on any atom is 0.256 e. The molecule has 27 heavy (non-hydrogen) atoms. The predicted molar refractivity (Wildman–Crippen MR) is 111 cm³/mol. The molecular formula is C20H19N3O2S2. The minimum atomic E-state index is -0.184. The summed E-state index contributed by atoms with van der Waals surface area (Å²) in [6.07, 6.45) is 0. The van der Waals surface area contributed by atoms with Gasteiger partial charge >= 0.3 is 0 Å². The number of thioether (sulfide) groups is 1. The molecule has 2 aromatic carbocycles. The first-order valence-corrected chi connectivity index (χ1v) is 10.3. The molecule has 1 heterocycles. The van der Waals surface area contributed by atoms with Crippen LogP contribution >= 0.6 is 23.1 Å². The first kappa shape index (κ1) is 19.1. The summed E-state index contributed by atoms with van der Waals surface area (Å²) in [5, 5.41) is 6.41. The van der Waals surface area contributed by atoms with Crippen molar-refractivity contribution in [2.24, 2.45) is 0 Å². The second-order valence-corrected chi connectivity index (χ2v) is 7.81. The van der Waals surface area contributed by atoms with Gasteiger partial charge in [0.1, 0.15) is 10.7 Å². The minimum absolute atomic E-state index is 0.0335. The predicted octanol–water partition coefficient (Wildman–Crippen LogP) is 4.29. The molecular weight excluding hydrogens is 378 g/mol. The lowest BCUT2D eigenvalue weighted by Gasteiger charge is -2.05. The summed E-state index contributed by atoms with van der Waals surface area (Å²) in [7, 11) is 0. The second kappa shape index (κ2) is 9.34. The van der Waals surface area contributed by atoms with Crippen molar-refractivity contribution in [2.45, 2.75) is 11.3 Å². The van der Waals surface area contributed by atoms with E-state index in [9.17, 15) is 9.59 Å². The van der Waals surface area contributed by atoms with Gasteiger partial charge in [0.25, 0.3) is 5.91 Å². The highest BCUT2D eigenvalue weighted by atomic mass is 32.2. The van der Waals surface area contributed by atoms with Crippen molar-refractivity contribution >= 4 is 39.9 Å². The highest BCUT2D eigenvalue weighted by molar-refractivity contribution is 8.01. The van der Waals surface area contributed by atoms with E-state index in [2.05, 4.69) is 15.6 Å². The number of hydrogen-bond donors (Lipinski definition) is 2. The Morgan fingerprint density at radius 1 is 1.04 bits per heavy atom. The number of anilines is 1. The molecule has 0 aliphatic carbocycles. The van der Waals surface area contributed by atoms with Gasteiger partial charge < -0.3 is 10.6 Å². The van der Waals surface area contributed by atoms with Crippen LogP contribution in [0, 0.1) is 0 Å². The molecule has 2 amide bonds. The van der Waals surface area contributed by atoms with Crippen molar-refractivity contribution < 1.29 is 9.59 Å². The minimum Gasteiger partial charge on any atom is -0.356 e. The van der Waals surface area contributed by atoms with Gasteiger partial charge in [0, 0.05) is 17.7 Å². The topological polar surface area (TPSA) is 71.1 Å². The maximum absolute atomic E-state index is 12.6. The molecule has 7 heteroatoms. The van der Waals surface area contributed by atoms with Crippen LogP contribution in [0.5, 0.6) is 0 Å². The summed E-state index contributed by atoms with van der Waals surface area (Å²) in [5.74, 6) is 0.0762. The van der Waals surface area contributed by atoms with Crippen molar-refractivity contribution in [3.63, 3.8) is 0 Å². The fourth-order valence-electron chi connectivity index (χ4n) is 2.38. The largest absolute Gasteiger partial charge is 0.356 e. The van der Waals surface area contributed by atoms with Gasteiger partial charge in [-0.15, -0.1) is 0 Å². The number of benzene rings is 2. The third-order valence-electron chi connectivity index (χ3n) is 3.62. The van der Waals surface area contributed by atoms with Crippen LogP contribution in [0.25, 0.3) is 11.3 Å². The molecule has 0 bridgehead atoms. The van der Waals surface area contributed by atoms with Crippen molar-refractivity contribution in [3.05, 3.63) is 66.2 Å². The van der Waals surface area contributed by atoms with Gasteiger partial charge in [-0.1, -0.05) is 71.6 Å². The SMILES string of the molecule is CCNC(=O)CSc1nc(-c2ccccc2)c(NC(=O)c2ccccc2)s1. The molecule has 0 unspecified atom stereocenters. The molecule has 3 rings (SSSR count). The Bertz CT molecular complexity index is 911. The molecule has 0 fully saturated rings. The quantitative estimate of drug-likeness (QED) is 0.584. The number of carbonyl (C=O) groups excluding carboxylic acids is 2. The van der Waals surface area contributed by atoms with Gasteiger partial charge in [-0.05, 0) is 19.1 Å². The number of nitrogens with zero attached hydrogens (tertiary/aromatic N) is 1. The Labute approximate surface area is 166 Å². The molecule has 0 saturated heterocycles. The molecule has 0 aliphatic heterocycles. The zero-order chi connectivity index (χ0) is 19.1. The standard InChI is InChI=1S/C20H19N3O2S2/c1-2-21-16(24)13-26-20-22-17(14-9-5-3-6-10-14)19(27-20)23-18(25)15-11-7-4-8-12-15/h3-12H,2,13H2,1H3,(H,21,24)(H,23,25). The molecule has 0 spiro atoms. The average molecular weight is 398 g/mol. The molecule has 0 aliphatic rings. The molecule has 1 aromatic heterocycles. The van der Waals surface area contributed by atoms with E-state index in [1.165, 1.54) is 23.1 Å². The summed E-state index contributed by atoms with van der Waals surface area (Å²) in [6, 6.07) is 18.7. The van der Waals surface area contributed by atoms with Gasteiger partial charge in [0.15, 0.2) is 4.34 Å². The van der Waals surface area contributed by atoms with E-state index < -0.39 is 0 Å². The van der Waals surface area contributed by atoms with E-state index in [1.54, 1.807) is 12.1 Å². The number of nitrogens with one attached hydrogen (secondary N) is 2. The van der Waals surface area contributed by atoms with Crippen molar-refractivity contribution in [2.75, 3.05) is 17.6 Å². The van der Waals surface area contributed by atoms with E-state index in [1.807, 2.05) is 55.5 Å². The number of amides is 2. The van der Waals surface area contributed by atoms with E-state index in [-0.39, 0.29) is 11.8 Å². The van der Waals surface area contributed by atoms with Gasteiger partial charge in [-0.25, -0.2) is 4.98 Å². The van der Waals surface area contributed by atoms with E-state index in [4.69, 9.17) is 0 Å². The third kappa shape index (κ3) is 5.18. The lowest BCUT2D eigenvalue weighted by atomic mass is 10.1. The molecule has 138 valence electrons. The number of hydrogen-bond acceptors (Lipinski definition) is 5. The van der Waals surface area contributed by atoms with Gasteiger partial charge in [0.05, 0.1) is 5.75 Å². The fourth-order valence-corrected chi connectivity index (χ4v) is 4.27. The number of thiazole rings is 1. The Hall–Kier alpha value is -2.64. The molecule has 2 N–H and O–H groups in total. The summed E-state index contributed by atoms with van der Waals surface area (Å²) in [6.45, 7) is 2.49. The lowest BCUT2D eigenvalue weighted by molar-refractivity contribution is -0.118. The van der Waals surface area contributed by atoms with Crippen LogP contribution in [0.2, 0.25) is 0 Å². The van der Waals surface area contributed by atoms with Crippen LogP contribution < -0.4 is 10.6 Å². The zero-order valence-electron chi connectivity index (χ0n) is 14.8. The van der Waals surface area contributed by atoms with Gasteiger partial charge in [-0.2, -0.15) is 0 Å². The summed E-state index contributed by atoms with van der Waals surface area (Å²) < 4.78 is 0.739. The second-order valence-electron chi connectivity index (χ2n) is 5.59. The van der Waals surface area contributed by atoms with Crippen molar-refractivity contribution in [1.29, 1.82) is 0 Å². The fraction of sp³-hybridized carbons (Fsp3) is 0.150. The summed E-state index contributed by atoms with van der Waals surface area (Å²) in [4.78, 5) is 28.9. The van der Waals surface area contributed by atoms with Gasteiger partial charge in [0.2, 0.25) is 5.91 Å². The third-order valence-corrected chi connectivity index (χ3v) is 5.73. The van der Waals surface area contributed by atoms with Crippen LogP contribution in [0.3, 0.4) is 0 Å². The lowest BCUT2D eigenvalue weighted by Crippen LogP contribution is -2.24. The van der Waals surface area contributed by atoms with Crippen LogP contribution in [0.15, 0.2) is 65.0 Å². The molecule has 0 saturated carbocycles. The molecule has 3 aromatic rings. The van der Waals surface area contributed by atoms with E-state index >= 15 is 0 Å². The smallest absolute Gasteiger partial charge is 0.256 e. The summed E-state index contributed by atoms with van der Waals surface area (Å²) >= 11 is 2.74. The Morgan fingerprint density at radius 3 is 2.37 bits per heavy atom. The monoisotopic (exact) mass is 397 g/mol. The van der Waals surface area contributed by atoms with Crippen LogP contribution in [0.1, 0.15) is 17.3 Å². The highest BCUT2D eigenvalue weighted by Gasteiger charge is 2.17. The average Bonchev–Trinajstić information content (AvgIpc) is 3.10.